The Morgan fingerprint density at radius 2 is 1.96 bits per heavy atom. The SMILES string of the molecule is CC[C@H](C)N1C(=O)[C@H]2[C@@H](C1=O)[C@@]1(N[C@@H]2CC(N)=O)C(=O)Nc2ccccc21. The van der Waals surface area contributed by atoms with Crippen LogP contribution in [0, 0.1) is 11.8 Å². The van der Waals surface area contributed by atoms with Gasteiger partial charge in [0, 0.05) is 29.8 Å². The highest BCUT2D eigenvalue weighted by Gasteiger charge is 2.70. The molecular formula is C19H22N4O4. The number of carbonyl (C=O) groups excluding carboxylic acids is 4. The molecule has 0 unspecified atom stereocenters. The van der Waals surface area contributed by atoms with Gasteiger partial charge in [-0.05, 0) is 19.4 Å². The van der Waals surface area contributed by atoms with Gasteiger partial charge in [0.25, 0.3) is 0 Å². The van der Waals surface area contributed by atoms with Crippen molar-refractivity contribution in [2.75, 3.05) is 5.32 Å². The van der Waals surface area contributed by atoms with Crippen molar-refractivity contribution in [3.8, 4) is 0 Å². The average Bonchev–Trinajstić information content (AvgIpc) is 3.19. The number of hydrogen-bond acceptors (Lipinski definition) is 5. The van der Waals surface area contributed by atoms with Gasteiger partial charge < -0.3 is 11.1 Å². The molecule has 3 aliphatic heterocycles. The van der Waals surface area contributed by atoms with Gasteiger partial charge in [0.1, 0.15) is 5.54 Å². The predicted molar refractivity (Wildman–Crippen MR) is 96.1 cm³/mol. The number of rotatable bonds is 4. The van der Waals surface area contributed by atoms with Crippen molar-refractivity contribution in [3.63, 3.8) is 0 Å². The van der Waals surface area contributed by atoms with E-state index in [2.05, 4.69) is 10.6 Å². The zero-order chi connectivity index (χ0) is 19.5. The zero-order valence-electron chi connectivity index (χ0n) is 15.2. The lowest BCUT2D eigenvalue weighted by atomic mass is 9.76. The van der Waals surface area contributed by atoms with Crippen LogP contribution in [0.25, 0.3) is 0 Å². The summed E-state index contributed by atoms with van der Waals surface area (Å²) in [6.45, 7) is 3.70. The summed E-state index contributed by atoms with van der Waals surface area (Å²) in [5, 5.41) is 5.97. The molecule has 142 valence electrons. The number of primary amides is 1. The van der Waals surface area contributed by atoms with Gasteiger partial charge in [0.2, 0.25) is 23.6 Å². The number of likely N-dealkylation sites (tertiary alicyclic amines) is 1. The van der Waals surface area contributed by atoms with Crippen LogP contribution in [0.3, 0.4) is 0 Å². The third kappa shape index (κ3) is 2.19. The number of nitrogens with two attached hydrogens (primary N) is 1. The van der Waals surface area contributed by atoms with E-state index in [0.717, 1.165) is 0 Å². The van der Waals surface area contributed by atoms with Gasteiger partial charge in [-0.1, -0.05) is 25.1 Å². The maximum atomic E-state index is 13.3. The molecule has 0 aliphatic carbocycles. The van der Waals surface area contributed by atoms with Crippen LogP contribution in [-0.4, -0.2) is 40.6 Å². The van der Waals surface area contributed by atoms with Crippen LogP contribution in [0.4, 0.5) is 5.69 Å². The molecule has 5 atom stereocenters. The molecule has 1 spiro atoms. The highest BCUT2D eigenvalue weighted by Crippen LogP contribution is 2.53. The van der Waals surface area contributed by atoms with Crippen molar-refractivity contribution in [1.29, 1.82) is 0 Å². The first kappa shape index (κ1) is 17.7. The molecule has 4 N–H and O–H groups in total. The lowest BCUT2D eigenvalue weighted by Gasteiger charge is -2.30. The maximum Gasteiger partial charge on any atom is 0.250 e. The first-order valence-electron chi connectivity index (χ1n) is 9.16. The smallest absolute Gasteiger partial charge is 0.250 e. The zero-order valence-corrected chi connectivity index (χ0v) is 15.2. The van der Waals surface area contributed by atoms with Gasteiger partial charge in [-0.25, -0.2) is 0 Å². The third-order valence-corrected chi connectivity index (χ3v) is 6.11. The molecule has 3 heterocycles. The molecule has 8 nitrogen and oxygen atoms in total. The van der Waals surface area contributed by atoms with Crippen LogP contribution in [-0.2, 0) is 24.7 Å². The predicted octanol–water partition coefficient (Wildman–Crippen LogP) is 0.0809. The lowest BCUT2D eigenvalue weighted by Crippen LogP contribution is -2.54. The number of carbonyl (C=O) groups is 4. The number of nitrogens with one attached hydrogen (secondary N) is 2. The van der Waals surface area contributed by atoms with Crippen LogP contribution in [0.5, 0.6) is 0 Å². The monoisotopic (exact) mass is 370 g/mol. The Hall–Kier alpha value is -2.74. The van der Waals surface area contributed by atoms with E-state index in [1.807, 2.05) is 13.8 Å². The fourth-order valence-electron chi connectivity index (χ4n) is 4.79. The van der Waals surface area contributed by atoms with Crippen LogP contribution in [0.2, 0.25) is 0 Å². The number of imide groups is 1. The van der Waals surface area contributed by atoms with Crippen LogP contribution in [0.15, 0.2) is 24.3 Å². The van der Waals surface area contributed by atoms with Crippen LogP contribution < -0.4 is 16.4 Å². The normalized spacial score (nSPS) is 32.6. The van der Waals surface area contributed by atoms with Gasteiger partial charge in [0.05, 0.1) is 11.8 Å². The Bertz CT molecular complexity index is 869. The van der Waals surface area contributed by atoms with Crippen molar-refractivity contribution in [3.05, 3.63) is 29.8 Å². The first-order chi connectivity index (χ1) is 12.8. The molecule has 3 aliphatic rings. The summed E-state index contributed by atoms with van der Waals surface area (Å²) >= 11 is 0. The summed E-state index contributed by atoms with van der Waals surface area (Å²) < 4.78 is 0. The molecule has 4 amide bonds. The summed E-state index contributed by atoms with van der Waals surface area (Å²) in [6.07, 6.45) is 0.492. The third-order valence-electron chi connectivity index (χ3n) is 6.11. The van der Waals surface area contributed by atoms with Crippen molar-refractivity contribution >= 4 is 29.3 Å². The largest absolute Gasteiger partial charge is 0.370 e. The number of amides is 4. The Balaban J connectivity index is 1.88. The standard InChI is InChI=1S/C19H22N4O4/c1-3-9(2)23-16(25)14-12(8-13(20)24)22-19(15(14)17(23)26)10-6-4-5-7-11(10)21-18(19)27/h4-7,9,12,14-15,22H,3,8H2,1-2H3,(H2,20,24)(H,21,27)/t9-,12+,14+,15-,19+/m0/s1. The number of fused-ring (bicyclic) bond motifs is 4. The molecule has 4 rings (SSSR count). The number of hydrogen-bond donors (Lipinski definition) is 3. The molecular weight excluding hydrogens is 348 g/mol. The summed E-state index contributed by atoms with van der Waals surface area (Å²) in [6, 6.07) is 6.16. The second-order valence-corrected chi connectivity index (χ2v) is 7.54. The van der Waals surface area contributed by atoms with E-state index >= 15 is 0 Å². The number of benzene rings is 1. The molecule has 27 heavy (non-hydrogen) atoms. The van der Waals surface area contributed by atoms with Gasteiger partial charge >= 0.3 is 0 Å². The lowest BCUT2D eigenvalue weighted by molar-refractivity contribution is -0.145. The molecule has 2 saturated heterocycles. The van der Waals surface area contributed by atoms with Crippen LogP contribution in [0.1, 0.15) is 32.3 Å². The van der Waals surface area contributed by atoms with Gasteiger partial charge in [0.15, 0.2) is 0 Å². The van der Waals surface area contributed by atoms with Crippen molar-refractivity contribution in [1.82, 2.24) is 10.2 Å². The van der Waals surface area contributed by atoms with Crippen LogP contribution >= 0.6 is 0 Å². The topological polar surface area (TPSA) is 122 Å². The molecule has 0 aromatic heterocycles. The first-order valence-corrected chi connectivity index (χ1v) is 9.16. The molecule has 0 radical (unpaired) electrons. The molecule has 0 saturated carbocycles. The molecule has 8 heteroatoms. The fourth-order valence-corrected chi connectivity index (χ4v) is 4.79. The van der Waals surface area contributed by atoms with E-state index < -0.39 is 29.3 Å². The highest BCUT2D eigenvalue weighted by atomic mass is 16.2. The van der Waals surface area contributed by atoms with Gasteiger partial charge in [-0.3, -0.25) is 29.4 Å². The summed E-state index contributed by atoms with van der Waals surface area (Å²) in [5.41, 5.74) is 5.25. The highest BCUT2D eigenvalue weighted by molar-refractivity contribution is 6.15. The number of anilines is 1. The van der Waals surface area contributed by atoms with E-state index in [4.69, 9.17) is 5.73 Å². The quantitative estimate of drug-likeness (QED) is 0.648. The Morgan fingerprint density at radius 1 is 1.26 bits per heavy atom. The van der Waals surface area contributed by atoms with Gasteiger partial charge in [-0.2, -0.15) is 0 Å². The minimum atomic E-state index is -1.36. The second-order valence-electron chi connectivity index (χ2n) is 7.54. The van der Waals surface area contributed by atoms with Crippen molar-refractivity contribution in [2.45, 2.75) is 44.3 Å². The molecule has 1 aromatic rings. The van der Waals surface area contributed by atoms with Gasteiger partial charge in [-0.15, -0.1) is 0 Å². The Kier molecular flexibility index (Phi) is 3.85. The van der Waals surface area contributed by atoms with Crippen molar-refractivity contribution < 1.29 is 19.2 Å². The minimum absolute atomic E-state index is 0.119. The van der Waals surface area contributed by atoms with E-state index in [0.29, 0.717) is 17.7 Å². The number of nitrogens with zero attached hydrogens (tertiary/aromatic N) is 1. The summed E-state index contributed by atoms with van der Waals surface area (Å²) in [7, 11) is 0. The number of para-hydroxylation sites is 1. The maximum absolute atomic E-state index is 13.3. The van der Waals surface area contributed by atoms with E-state index in [1.54, 1.807) is 24.3 Å². The molecule has 1 aromatic carbocycles. The Labute approximate surface area is 156 Å². The summed E-state index contributed by atoms with van der Waals surface area (Å²) in [4.78, 5) is 52.4. The van der Waals surface area contributed by atoms with E-state index in [1.165, 1.54) is 4.90 Å². The minimum Gasteiger partial charge on any atom is -0.370 e. The van der Waals surface area contributed by atoms with E-state index in [9.17, 15) is 19.2 Å². The fraction of sp³-hybridized carbons (Fsp3) is 0.474. The molecule has 2 fully saturated rings. The van der Waals surface area contributed by atoms with Crippen molar-refractivity contribution in [2.24, 2.45) is 17.6 Å². The molecule has 0 bridgehead atoms. The second kappa shape index (κ2) is 5.88. The van der Waals surface area contributed by atoms with E-state index in [-0.39, 0.29) is 30.2 Å². The summed E-state index contributed by atoms with van der Waals surface area (Å²) in [5.74, 6) is -3.37. The Morgan fingerprint density at radius 3 is 2.63 bits per heavy atom. The average molecular weight is 370 g/mol.